The minimum atomic E-state index is -2.44. The molecule has 0 heterocycles. The smallest absolute Gasteiger partial charge is 0.210 e. The van der Waals surface area contributed by atoms with Crippen molar-refractivity contribution in [2.75, 3.05) is 0 Å². The van der Waals surface area contributed by atoms with Crippen molar-refractivity contribution in [2.24, 2.45) is 0 Å². The van der Waals surface area contributed by atoms with Crippen LogP contribution in [0, 0.1) is 22.7 Å². The van der Waals surface area contributed by atoms with Crippen LogP contribution in [0.4, 0.5) is 8.78 Å². The van der Waals surface area contributed by atoms with Crippen LogP contribution in [0.2, 0.25) is 0 Å². The number of alkyl halides is 2. The minimum absolute atomic E-state index is 0.0519. The van der Waals surface area contributed by atoms with Gasteiger partial charge < -0.3 is 0 Å². The Labute approximate surface area is 170 Å². The van der Waals surface area contributed by atoms with E-state index in [9.17, 15) is 19.3 Å². The van der Waals surface area contributed by atoms with Crippen molar-refractivity contribution in [3.8, 4) is 23.3 Å². The highest BCUT2D eigenvalue weighted by Crippen LogP contribution is 2.38. The molecule has 146 valence electrons. The first-order valence-corrected chi connectivity index (χ1v) is 9.59. The number of hydrogen-bond donors (Lipinski definition) is 0. The van der Waals surface area contributed by atoms with Crippen LogP contribution in [0.25, 0.3) is 21.9 Å². The normalized spacial score (nSPS) is 11.4. The standard InChI is InChI=1S/C25H22F2N2/c1-4-25(2,3)20-9-8-17-12-19(14-28)22(15-29)24(21(17)13-20)18-7-5-6-16(10-18)11-23(26)27/h5-10,12-13,23H,4,11H2,1-3H3. The van der Waals surface area contributed by atoms with Crippen molar-refractivity contribution in [3.05, 3.63) is 70.8 Å². The Morgan fingerprint density at radius 2 is 1.76 bits per heavy atom. The van der Waals surface area contributed by atoms with E-state index in [1.54, 1.807) is 24.3 Å². The van der Waals surface area contributed by atoms with Crippen LogP contribution in [-0.2, 0) is 11.8 Å². The summed E-state index contributed by atoms with van der Waals surface area (Å²) in [6, 6.07) is 19.0. The third-order valence-electron chi connectivity index (χ3n) is 5.65. The summed E-state index contributed by atoms with van der Waals surface area (Å²) in [5.41, 5.74) is 3.45. The van der Waals surface area contributed by atoms with Crippen LogP contribution in [0.5, 0.6) is 0 Å². The van der Waals surface area contributed by atoms with Gasteiger partial charge in [0.2, 0.25) is 6.43 Å². The molecular weight excluding hydrogens is 366 g/mol. The summed E-state index contributed by atoms with van der Waals surface area (Å²) in [6.45, 7) is 6.44. The van der Waals surface area contributed by atoms with E-state index >= 15 is 0 Å². The van der Waals surface area contributed by atoms with E-state index in [0.717, 1.165) is 22.8 Å². The summed E-state index contributed by atoms with van der Waals surface area (Å²) < 4.78 is 25.8. The fourth-order valence-electron chi connectivity index (χ4n) is 3.56. The van der Waals surface area contributed by atoms with Crippen molar-refractivity contribution < 1.29 is 8.78 Å². The molecule has 0 saturated heterocycles. The number of fused-ring (bicyclic) bond motifs is 1. The Balaban J connectivity index is 2.38. The molecule has 0 aromatic heterocycles. The van der Waals surface area contributed by atoms with Crippen molar-refractivity contribution in [1.82, 2.24) is 0 Å². The molecule has 0 N–H and O–H groups in total. The molecule has 0 bridgehead atoms. The molecule has 0 fully saturated rings. The Bertz CT molecular complexity index is 1150. The molecule has 3 rings (SSSR count). The van der Waals surface area contributed by atoms with Gasteiger partial charge in [-0.2, -0.15) is 10.5 Å². The summed E-state index contributed by atoms with van der Waals surface area (Å²) in [6.07, 6.45) is -1.85. The van der Waals surface area contributed by atoms with Gasteiger partial charge in [0.1, 0.15) is 12.1 Å². The predicted octanol–water partition coefficient (Wildman–Crippen LogP) is 6.75. The van der Waals surface area contributed by atoms with Gasteiger partial charge >= 0.3 is 0 Å². The van der Waals surface area contributed by atoms with Gasteiger partial charge in [-0.3, -0.25) is 0 Å². The summed E-state index contributed by atoms with van der Waals surface area (Å²) in [4.78, 5) is 0. The zero-order valence-electron chi connectivity index (χ0n) is 16.8. The molecule has 0 spiro atoms. The molecular formula is C25H22F2N2. The first-order valence-electron chi connectivity index (χ1n) is 9.59. The highest BCUT2D eigenvalue weighted by Gasteiger charge is 2.21. The van der Waals surface area contributed by atoms with Crippen LogP contribution in [0.3, 0.4) is 0 Å². The first kappa shape index (κ1) is 20.5. The zero-order chi connectivity index (χ0) is 21.2. The third-order valence-corrected chi connectivity index (χ3v) is 5.65. The number of nitrogens with zero attached hydrogens (tertiary/aromatic N) is 2. The Hall–Kier alpha value is -3.24. The number of hydrogen-bond acceptors (Lipinski definition) is 2. The van der Waals surface area contributed by atoms with E-state index in [-0.39, 0.29) is 23.0 Å². The maximum atomic E-state index is 12.9. The second-order valence-corrected chi connectivity index (χ2v) is 7.87. The Morgan fingerprint density at radius 3 is 2.38 bits per heavy atom. The summed E-state index contributed by atoms with van der Waals surface area (Å²) >= 11 is 0. The van der Waals surface area contributed by atoms with Gasteiger partial charge in [0.15, 0.2) is 0 Å². The second-order valence-electron chi connectivity index (χ2n) is 7.87. The van der Waals surface area contributed by atoms with Crippen LogP contribution in [0.1, 0.15) is 49.4 Å². The maximum absolute atomic E-state index is 12.9. The summed E-state index contributed by atoms with van der Waals surface area (Å²) in [7, 11) is 0. The number of benzene rings is 3. The maximum Gasteiger partial charge on any atom is 0.242 e. The average molecular weight is 388 g/mol. The molecule has 0 atom stereocenters. The molecule has 3 aromatic rings. The van der Waals surface area contributed by atoms with Crippen molar-refractivity contribution in [2.45, 2.75) is 45.5 Å². The number of nitriles is 2. The fourth-order valence-corrected chi connectivity index (χ4v) is 3.56. The molecule has 0 unspecified atom stereocenters. The van der Waals surface area contributed by atoms with Gasteiger partial charge in [-0.25, -0.2) is 8.78 Å². The fraction of sp³-hybridized carbons (Fsp3) is 0.280. The van der Waals surface area contributed by atoms with Gasteiger partial charge in [0.05, 0.1) is 11.1 Å². The monoisotopic (exact) mass is 388 g/mol. The lowest BCUT2D eigenvalue weighted by Gasteiger charge is -2.24. The largest absolute Gasteiger partial charge is 0.242 e. The molecule has 0 saturated carbocycles. The quantitative estimate of drug-likeness (QED) is 0.485. The van der Waals surface area contributed by atoms with Crippen LogP contribution >= 0.6 is 0 Å². The SMILES string of the molecule is CCC(C)(C)c1ccc2cc(C#N)c(C#N)c(-c3cccc(CC(F)F)c3)c2c1. The summed E-state index contributed by atoms with van der Waals surface area (Å²) in [5, 5.41) is 21.1. The summed E-state index contributed by atoms with van der Waals surface area (Å²) in [5.74, 6) is 0. The molecule has 0 amide bonds. The minimum Gasteiger partial charge on any atom is -0.210 e. The van der Waals surface area contributed by atoms with Gasteiger partial charge in [0.25, 0.3) is 0 Å². The van der Waals surface area contributed by atoms with E-state index in [4.69, 9.17) is 0 Å². The number of halogens is 2. The van der Waals surface area contributed by atoms with Gasteiger partial charge in [-0.15, -0.1) is 0 Å². The van der Waals surface area contributed by atoms with Gasteiger partial charge in [0, 0.05) is 12.0 Å². The van der Waals surface area contributed by atoms with Crippen LogP contribution < -0.4 is 0 Å². The highest BCUT2D eigenvalue weighted by atomic mass is 19.3. The molecule has 2 nitrogen and oxygen atoms in total. The molecule has 0 aliphatic carbocycles. The number of rotatable bonds is 5. The van der Waals surface area contributed by atoms with E-state index in [1.165, 1.54) is 0 Å². The van der Waals surface area contributed by atoms with E-state index < -0.39 is 6.43 Å². The van der Waals surface area contributed by atoms with Crippen molar-refractivity contribution in [3.63, 3.8) is 0 Å². The molecule has 0 radical (unpaired) electrons. The third kappa shape index (κ3) is 3.98. The van der Waals surface area contributed by atoms with Crippen molar-refractivity contribution in [1.29, 1.82) is 10.5 Å². The molecule has 29 heavy (non-hydrogen) atoms. The molecule has 3 aromatic carbocycles. The van der Waals surface area contributed by atoms with Gasteiger partial charge in [-0.1, -0.05) is 57.2 Å². The zero-order valence-corrected chi connectivity index (χ0v) is 16.8. The highest BCUT2D eigenvalue weighted by molar-refractivity contribution is 6.01. The Morgan fingerprint density at radius 1 is 1.00 bits per heavy atom. The average Bonchev–Trinajstić information content (AvgIpc) is 2.71. The van der Waals surface area contributed by atoms with E-state index in [2.05, 4.69) is 45.0 Å². The lowest BCUT2D eigenvalue weighted by atomic mass is 9.80. The topological polar surface area (TPSA) is 47.6 Å². The van der Waals surface area contributed by atoms with Gasteiger partial charge in [-0.05, 0) is 51.4 Å². The second kappa shape index (κ2) is 8.02. The lowest BCUT2D eigenvalue weighted by molar-refractivity contribution is 0.149. The van der Waals surface area contributed by atoms with Crippen LogP contribution in [0.15, 0.2) is 48.5 Å². The molecule has 0 aliphatic rings. The van der Waals surface area contributed by atoms with E-state index in [0.29, 0.717) is 16.7 Å². The molecule has 4 heteroatoms. The first-order chi connectivity index (χ1) is 13.8. The van der Waals surface area contributed by atoms with Crippen LogP contribution in [-0.4, -0.2) is 6.43 Å². The Kier molecular flexibility index (Phi) is 5.66. The van der Waals surface area contributed by atoms with E-state index in [1.807, 2.05) is 12.1 Å². The molecule has 0 aliphatic heterocycles. The lowest BCUT2D eigenvalue weighted by Crippen LogP contribution is -2.15. The van der Waals surface area contributed by atoms with Crippen molar-refractivity contribution >= 4 is 10.8 Å². The predicted molar refractivity (Wildman–Crippen MR) is 112 cm³/mol.